The van der Waals surface area contributed by atoms with Gasteiger partial charge in [0.15, 0.2) is 0 Å². The zero-order valence-electron chi connectivity index (χ0n) is 12.1. The number of ether oxygens (including phenoxy) is 1. The lowest BCUT2D eigenvalue weighted by Crippen LogP contribution is -2.02. The second-order valence-corrected chi connectivity index (χ2v) is 5.41. The molecule has 0 unspecified atom stereocenters. The van der Waals surface area contributed by atoms with Crippen LogP contribution in [0.2, 0.25) is 5.02 Å². The first-order valence-corrected chi connectivity index (χ1v) is 7.04. The van der Waals surface area contributed by atoms with Crippen LogP contribution in [0.25, 0.3) is 16.6 Å². The number of hydrogen-bond donors (Lipinski definition) is 0. The monoisotopic (exact) mass is 317 g/mol. The van der Waals surface area contributed by atoms with Crippen molar-refractivity contribution in [3.63, 3.8) is 0 Å². The predicted octanol–water partition coefficient (Wildman–Crippen LogP) is 4.52. The Morgan fingerprint density at radius 3 is 2.68 bits per heavy atom. The maximum atomic E-state index is 13.3. The van der Waals surface area contributed by atoms with Crippen LogP contribution in [-0.4, -0.2) is 17.6 Å². The average Bonchev–Trinajstić information content (AvgIpc) is 2.83. The van der Waals surface area contributed by atoms with Gasteiger partial charge >= 0.3 is 5.97 Å². The number of hydrogen-bond acceptors (Lipinski definition) is 2. The van der Waals surface area contributed by atoms with Gasteiger partial charge in [-0.15, -0.1) is 0 Å². The first-order chi connectivity index (χ1) is 10.5. The van der Waals surface area contributed by atoms with E-state index in [4.69, 9.17) is 16.3 Å². The zero-order chi connectivity index (χ0) is 15.9. The molecule has 0 bridgehead atoms. The van der Waals surface area contributed by atoms with Gasteiger partial charge in [-0.05, 0) is 42.8 Å². The highest BCUT2D eigenvalue weighted by Crippen LogP contribution is 2.30. The Bertz CT molecular complexity index is 886. The summed E-state index contributed by atoms with van der Waals surface area (Å²) in [6.07, 6.45) is 1.76. The first kappa shape index (κ1) is 14.6. The van der Waals surface area contributed by atoms with E-state index in [1.807, 2.05) is 11.5 Å². The molecule has 2 aromatic carbocycles. The number of aryl methyl sites for hydroxylation is 1. The summed E-state index contributed by atoms with van der Waals surface area (Å²) in [6, 6.07) is 9.70. The average molecular weight is 318 g/mol. The van der Waals surface area contributed by atoms with Crippen molar-refractivity contribution in [2.24, 2.45) is 0 Å². The number of carbonyl (C=O) groups is 1. The lowest BCUT2D eigenvalue weighted by atomic mass is 10.1. The number of benzene rings is 2. The van der Waals surface area contributed by atoms with Crippen LogP contribution in [0.15, 0.2) is 42.6 Å². The Kier molecular flexibility index (Phi) is 3.62. The van der Waals surface area contributed by atoms with Gasteiger partial charge in [-0.25, -0.2) is 9.18 Å². The van der Waals surface area contributed by atoms with E-state index in [9.17, 15) is 9.18 Å². The zero-order valence-corrected chi connectivity index (χ0v) is 12.8. The normalized spacial score (nSPS) is 10.9. The van der Waals surface area contributed by atoms with E-state index in [2.05, 4.69) is 0 Å². The minimum absolute atomic E-state index is 0.293. The van der Waals surface area contributed by atoms with Crippen LogP contribution in [0, 0.1) is 12.7 Å². The summed E-state index contributed by atoms with van der Waals surface area (Å²) in [5.74, 6) is -0.708. The number of halogens is 2. The SMILES string of the molecule is COC(=O)c1ccc2c(Cl)cn(-c3ccc(F)cc3C)c2c1. The smallest absolute Gasteiger partial charge is 0.337 e. The van der Waals surface area contributed by atoms with Gasteiger partial charge in [-0.2, -0.15) is 0 Å². The predicted molar refractivity (Wildman–Crippen MR) is 84.3 cm³/mol. The van der Waals surface area contributed by atoms with Crippen molar-refractivity contribution in [3.05, 3.63) is 64.6 Å². The Morgan fingerprint density at radius 2 is 2.00 bits per heavy atom. The van der Waals surface area contributed by atoms with E-state index in [0.29, 0.717) is 10.6 Å². The fraction of sp³-hybridized carbons (Fsp3) is 0.118. The van der Waals surface area contributed by atoms with Crippen molar-refractivity contribution in [1.29, 1.82) is 0 Å². The molecule has 0 fully saturated rings. The molecule has 3 rings (SSSR count). The molecule has 112 valence electrons. The van der Waals surface area contributed by atoms with Crippen LogP contribution in [0.3, 0.4) is 0 Å². The van der Waals surface area contributed by atoms with E-state index in [0.717, 1.165) is 22.2 Å². The van der Waals surface area contributed by atoms with Gasteiger partial charge in [0.25, 0.3) is 0 Å². The maximum absolute atomic E-state index is 13.3. The summed E-state index contributed by atoms with van der Waals surface area (Å²) in [5.41, 5.74) is 2.78. The summed E-state index contributed by atoms with van der Waals surface area (Å²) >= 11 is 6.27. The molecule has 0 amide bonds. The van der Waals surface area contributed by atoms with Gasteiger partial charge in [0.1, 0.15) is 5.82 Å². The van der Waals surface area contributed by atoms with E-state index < -0.39 is 5.97 Å². The fourth-order valence-electron chi connectivity index (χ4n) is 2.52. The van der Waals surface area contributed by atoms with Crippen LogP contribution in [0.4, 0.5) is 4.39 Å². The molecule has 0 N–H and O–H groups in total. The molecule has 0 aliphatic carbocycles. The van der Waals surface area contributed by atoms with E-state index in [1.54, 1.807) is 30.5 Å². The Balaban J connectivity index is 2.27. The highest BCUT2D eigenvalue weighted by molar-refractivity contribution is 6.35. The Hall–Kier alpha value is -2.33. The molecule has 0 saturated heterocycles. The molecule has 3 nitrogen and oxygen atoms in total. The lowest BCUT2D eigenvalue weighted by Gasteiger charge is -2.09. The summed E-state index contributed by atoms with van der Waals surface area (Å²) in [5, 5.41) is 1.38. The van der Waals surface area contributed by atoms with Crippen molar-refractivity contribution in [2.45, 2.75) is 6.92 Å². The molecule has 0 aliphatic rings. The molecule has 1 aromatic heterocycles. The second-order valence-electron chi connectivity index (χ2n) is 5.00. The Labute approximate surface area is 131 Å². The minimum Gasteiger partial charge on any atom is -0.465 e. The van der Waals surface area contributed by atoms with Crippen LogP contribution in [0.1, 0.15) is 15.9 Å². The van der Waals surface area contributed by atoms with E-state index >= 15 is 0 Å². The van der Waals surface area contributed by atoms with Crippen LogP contribution >= 0.6 is 11.6 Å². The quantitative estimate of drug-likeness (QED) is 0.651. The standard InChI is InChI=1S/C17H13ClFNO2/c1-10-7-12(19)4-6-15(10)20-9-14(18)13-5-3-11(8-16(13)20)17(21)22-2/h3-9H,1-2H3. The molecule has 22 heavy (non-hydrogen) atoms. The summed E-state index contributed by atoms with van der Waals surface area (Å²) < 4.78 is 19.9. The molecular weight excluding hydrogens is 305 g/mol. The minimum atomic E-state index is -0.415. The van der Waals surface area contributed by atoms with Crippen LogP contribution in [0.5, 0.6) is 0 Å². The fourth-order valence-corrected chi connectivity index (χ4v) is 2.78. The maximum Gasteiger partial charge on any atom is 0.337 e. The lowest BCUT2D eigenvalue weighted by molar-refractivity contribution is 0.0601. The van der Waals surface area contributed by atoms with Gasteiger partial charge in [0.05, 0.1) is 23.2 Å². The molecule has 3 aromatic rings. The van der Waals surface area contributed by atoms with Gasteiger partial charge in [-0.1, -0.05) is 17.7 Å². The van der Waals surface area contributed by atoms with Crippen molar-refractivity contribution in [2.75, 3.05) is 7.11 Å². The largest absolute Gasteiger partial charge is 0.465 e. The number of esters is 1. The first-order valence-electron chi connectivity index (χ1n) is 6.66. The highest BCUT2D eigenvalue weighted by Gasteiger charge is 2.14. The van der Waals surface area contributed by atoms with Crippen LogP contribution in [-0.2, 0) is 4.74 Å². The number of carbonyl (C=O) groups excluding carboxylic acids is 1. The third-order valence-electron chi connectivity index (χ3n) is 3.60. The van der Waals surface area contributed by atoms with Crippen molar-refractivity contribution < 1.29 is 13.9 Å². The molecule has 0 spiro atoms. The molecule has 0 saturated carbocycles. The molecule has 0 radical (unpaired) electrons. The third-order valence-corrected chi connectivity index (χ3v) is 3.90. The molecular formula is C17H13ClFNO2. The van der Waals surface area contributed by atoms with E-state index in [1.165, 1.54) is 19.2 Å². The van der Waals surface area contributed by atoms with Crippen molar-refractivity contribution >= 4 is 28.5 Å². The Morgan fingerprint density at radius 1 is 1.23 bits per heavy atom. The second kappa shape index (κ2) is 5.46. The molecule has 5 heteroatoms. The number of methoxy groups -OCH3 is 1. The number of nitrogens with zero attached hydrogens (tertiary/aromatic N) is 1. The van der Waals surface area contributed by atoms with Crippen molar-refractivity contribution in [1.82, 2.24) is 4.57 Å². The van der Waals surface area contributed by atoms with Gasteiger partial charge < -0.3 is 9.30 Å². The van der Waals surface area contributed by atoms with Gasteiger partial charge in [0.2, 0.25) is 0 Å². The van der Waals surface area contributed by atoms with Crippen LogP contribution < -0.4 is 0 Å². The number of fused-ring (bicyclic) bond motifs is 1. The van der Waals surface area contributed by atoms with Gasteiger partial charge in [-0.3, -0.25) is 0 Å². The number of rotatable bonds is 2. The van der Waals surface area contributed by atoms with Gasteiger partial charge in [0, 0.05) is 17.3 Å². The highest BCUT2D eigenvalue weighted by atomic mass is 35.5. The third kappa shape index (κ3) is 2.35. The molecule has 1 heterocycles. The van der Waals surface area contributed by atoms with E-state index in [-0.39, 0.29) is 5.82 Å². The topological polar surface area (TPSA) is 31.2 Å². The summed E-state index contributed by atoms with van der Waals surface area (Å²) in [4.78, 5) is 11.7. The summed E-state index contributed by atoms with van der Waals surface area (Å²) in [6.45, 7) is 1.82. The molecule has 0 atom stereocenters. The van der Waals surface area contributed by atoms with Crippen molar-refractivity contribution in [3.8, 4) is 5.69 Å². The summed E-state index contributed by atoms with van der Waals surface area (Å²) in [7, 11) is 1.34. The molecule has 0 aliphatic heterocycles. The number of aromatic nitrogens is 1.